The Morgan fingerprint density at radius 3 is 1.00 bits per heavy atom. The molecular formula is C34H62O9. The first-order chi connectivity index (χ1) is 21.4. The number of hydrogen-bond donors (Lipinski definition) is 0. The van der Waals surface area contributed by atoms with Gasteiger partial charge in [-0.2, -0.15) is 0 Å². The van der Waals surface area contributed by atoms with Gasteiger partial charge in [0.1, 0.15) is 12.4 Å². The molecule has 0 unspecified atom stereocenters. The molecule has 0 aliphatic rings. The fraction of sp³-hybridized carbons (Fsp3) is 0.824. The highest BCUT2D eigenvalue weighted by molar-refractivity contribution is 5.20. The topological polar surface area (TPSA) is 83.1 Å². The van der Waals surface area contributed by atoms with Gasteiger partial charge >= 0.3 is 0 Å². The number of benzene rings is 1. The molecule has 0 saturated carbocycles. The van der Waals surface area contributed by atoms with E-state index in [1.807, 2.05) is 30.3 Å². The Hall–Kier alpha value is -1.30. The fourth-order valence-electron chi connectivity index (χ4n) is 4.07. The van der Waals surface area contributed by atoms with Crippen LogP contribution >= 0.6 is 0 Å². The van der Waals surface area contributed by atoms with Crippen molar-refractivity contribution in [2.75, 3.05) is 112 Å². The maximum absolute atomic E-state index is 5.64. The third-order valence-electron chi connectivity index (χ3n) is 6.49. The summed E-state index contributed by atoms with van der Waals surface area (Å²) in [7, 11) is 0. The van der Waals surface area contributed by atoms with E-state index in [-0.39, 0.29) is 0 Å². The minimum absolute atomic E-state index is 0.525. The number of rotatable bonds is 36. The van der Waals surface area contributed by atoms with E-state index < -0.39 is 0 Å². The van der Waals surface area contributed by atoms with Crippen molar-refractivity contribution in [2.24, 2.45) is 0 Å². The average Bonchev–Trinajstić information content (AvgIpc) is 3.03. The maximum atomic E-state index is 5.64. The molecule has 0 spiro atoms. The summed E-state index contributed by atoms with van der Waals surface area (Å²) in [4.78, 5) is 0. The van der Waals surface area contributed by atoms with Crippen molar-refractivity contribution in [1.82, 2.24) is 0 Å². The van der Waals surface area contributed by atoms with Crippen molar-refractivity contribution in [3.05, 3.63) is 30.3 Å². The van der Waals surface area contributed by atoms with Gasteiger partial charge in [0.25, 0.3) is 0 Å². The Bertz CT molecular complexity index is 636. The summed E-state index contributed by atoms with van der Waals surface area (Å²) in [5, 5.41) is 0. The van der Waals surface area contributed by atoms with Crippen molar-refractivity contribution in [3.8, 4) is 5.75 Å². The van der Waals surface area contributed by atoms with Gasteiger partial charge in [0, 0.05) is 6.61 Å². The number of ether oxygens (including phenoxy) is 9. The van der Waals surface area contributed by atoms with Crippen molar-refractivity contribution >= 4 is 0 Å². The second kappa shape index (κ2) is 35.2. The Morgan fingerprint density at radius 2 is 0.628 bits per heavy atom. The lowest BCUT2D eigenvalue weighted by Crippen LogP contribution is -2.15. The molecule has 0 fully saturated rings. The molecule has 9 nitrogen and oxygen atoms in total. The molecule has 0 heterocycles. The van der Waals surface area contributed by atoms with Gasteiger partial charge in [-0.15, -0.1) is 0 Å². The summed E-state index contributed by atoms with van der Waals surface area (Å²) in [5.74, 6) is 0.851. The Balaban J connectivity index is 1.61. The molecule has 0 aliphatic heterocycles. The zero-order valence-electron chi connectivity index (χ0n) is 27.2. The van der Waals surface area contributed by atoms with Crippen LogP contribution in [0.5, 0.6) is 5.75 Å². The predicted molar refractivity (Wildman–Crippen MR) is 170 cm³/mol. The van der Waals surface area contributed by atoms with E-state index in [0.29, 0.717) is 106 Å². The van der Waals surface area contributed by atoms with E-state index in [2.05, 4.69) is 6.92 Å². The molecule has 252 valence electrons. The van der Waals surface area contributed by atoms with Crippen LogP contribution in [0, 0.1) is 0 Å². The molecule has 0 saturated heterocycles. The molecule has 0 atom stereocenters. The van der Waals surface area contributed by atoms with E-state index >= 15 is 0 Å². The predicted octanol–water partition coefficient (Wildman–Crippen LogP) is 6.12. The summed E-state index contributed by atoms with van der Waals surface area (Å²) in [5.41, 5.74) is 0. The van der Waals surface area contributed by atoms with Gasteiger partial charge in [0.05, 0.1) is 99.1 Å². The molecule has 0 aliphatic carbocycles. The van der Waals surface area contributed by atoms with E-state index in [1.165, 1.54) is 57.8 Å². The number of para-hydroxylation sites is 1. The van der Waals surface area contributed by atoms with E-state index in [1.54, 1.807) is 0 Å². The number of unbranched alkanes of at least 4 members (excludes halogenated alkanes) is 9. The van der Waals surface area contributed by atoms with Gasteiger partial charge in [-0.25, -0.2) is 0 Å². The van der Waals surface area contributed by atoms with Crippen LogP contribution in [-0.2, 0) is 37.9 Å². The molecule has 1 aromatic carbocycles. The van der Waals surface area contributed by atoms with Gasteiger partial charge < -0.3 is 42.6 Å². The molecule has 43 heavy (non-hydrogen) atoms. The number of hydrogen-bond acceptors (Lipinski definition) is 9. The Kier molecular flexibility index (Phi) is 32.5. The first-order valence-electron chi connectivity index (χ1n) is 16.7. The lowest BCUT2D eigenvalue weighted by atomic mass is 10.1. The molecule has 1 aromatic rings. The molecule has 0 bridgehead atoms. The molecule has 0 N–H and O–H groups in total. The Morgan fingerprint density at radius 1 is 0.326 bits per heavy atom. The minimum Gasteiger partial charge on any atom is -0.491 e. The lowest BCUT2D eigenvalue weighted by Gasteiger charge is -2.09. The van der Waals surface area contributed by atoms with Crippen molar-refractivity contribution in [1.29, 1.82) is 0 Å². The van der Waals surface area contributed by atoms with Gasteiger partial charge in [-0.05, 0) is 18.6 Å². The highest BCUT2D eigenvalue weighted by Crippen LogP contribution is 2.10. The highest BCUT2D eigenvalue weighted by Gasteiger charge is 1.97. The van der Waals surface area contributed by atoms with E-state index in [9.17, 15) is 0 Å². The zero-order chi connectivity index (χ0) is 30.6. The first kappa shape index (κ1) is 39.7. The second-order valence-electron chi connectivity index (χ2n) is 10.2. The summed E-state index contributed by atoms with van der Waals surface area (Å²) in [6.45, 7) is 12.0. The van der Waals surface area contributed by atoms with Crippen LogP contribution in [0.3, 0.4) is 0 Å². The minimum atomic E-state index is 0.525. The zero-order valence-corrected chi connectivity index (χ0v) is 27.2. The molecule has 0 amide bonds. The van der Waals surface area contributed by atoms with Crippen molar-refractivity contribution in [3.63, 3.8) is 0 Å². The largest absolute Gasteiger partial charge is 0.491 e. The van der Waals surface area contributed by atoms with Crippen molar-refractivity contribution in [2.45, 2.75) is 71.1 Å². The molecule has 9 heteroatoms. The molecule has 0 aromatic heterocycles. The summed E-state index contributed by atoms with van der Waals surface area (Å²) in [6, 6.07) is 9.70. The summed E-state index contributed by atoms with van der Waals surface area (Å²) >= 11 is 0. The highest BCUT2D eigenvalue weighted by atomic mass is 16.6. The van der Waals surface area contributed by atoms with Crippen LogP contribution in [0.15, 0.2) is 30.3 Å². The standard InChI is InChI=1S/C34H62O9/c1-2-3-4-5-6-7-8-9-10-14-17-35-18-19-36-20-21-37-22-23-38-24-25-39-26-27-40-28-29-41-30-31-42-32-33-43-34-15-12-11-13-16-34/h11-13,15-16H,2-10,14,17-33H2,1H3. The van der Waals surface area contributed by atoms with Gasteiger partial charge in [-0.3, -0.25) is 0 Å². The van der Waals surface area contributed by atoms with Gasteiger partial charge in [-0.1, -0.05) is 82.9 Å². The van der Waals surface area contributed by atoms with Crippen LogP contribution in [0.4, 0.5) is 0 Å². The monoisotopic (exact) mass is 614 g/mol. The average molecular weight is 615 g/mol. The second-order valence-corrected chi connectivity index (χ2v) is 10.2. The molecule has 0 radical (unpaired) electrons. The fourth-order valence-corrected chi connectivity index (χ4v) is 4.07. The smallest absolute Gasteiger partial charge is 0.119 e. The third kappa shape index (κ3) is 31.9. The maximum Gasteiger partial charge on any atom is 0.119 e. The van der Waals surface area contributed by atoms with Gasteiger partial charge in [0.2, 0.25) is 0 Å². The van der Waals surface area contributed by atoms with Crippen LogP contribution in [-0.4, -0.2) is 112 Å². The lowest BCUT2D eigenvalue weighted by molar-refractivity contribution is -0.0236. The van der Waals surface area contributed by atoms with Crippen molar-refractivity contribution < 1.29 is 42.6 Å². The molecule has 1 rings (SSSR count). The Labute approximate surface area is 262 Å². The quantitative estimate of drug-likeness (QED) is 0.0831. The SMILES string of the molecule is CCCCCCCCCCCCOCCOCCOCCOCCOCCOCCOCCOCCOc1ccccc1. The van der Waals surface area contributed by atoms with Crippen LogP contribution < -0.4 is 4.74 Å². The first-order valence-corrected chi connectivity index (χ1v) is 16.7. The van der Waals surface area contributed by atoms with Crippen LogP contribution in [0.25, 0.3) is 0 Å². The third-order valence-corrected chi connectivity index (χ3v) is 6.49. The van der Waals surface area contributed by atoms with Gasteiger partial charge in [0.15, 0.2) is 0 Å². The van der Waals surface area contributed by atoms with E-state index in [0.717, 1.165) is 18.8 Å². The summed E-state index contributed by atoms with van der Waals surface area (Å²) < 4.78 is 49.7. The normalized spacial score (nSPS) is 11.4. The van der Waals surface area contributed by atoms with E-state index in [4.69, 9.17) is 42.6 Å². The molecular weight excluding hydrogens is 552 g/mol. The van der Waals surface area contributed by atoms with Crippen LogP contribution in [0.2, 0.25) is 0 Å². The summed E-state index contributed by atoms with van der Waals surface area (Å²) in [6.07, 6.45) is 13.5. The van der Waals surface area contributed by atoms with Crippen LogP contribution in [0.1, 0.15) is 71.1 Å².